The lowest BCUT2D eigenvalue weighted by atomic mass is 9.62. The summed E-state index contributed by atoms with van der Waals surface area (Å²) in [6.07, 6.45) is -0.298. The van der Waals surface area contributed by atoms with E-state index < -0.39 is 17.8 Å². The van der Waals surface area contributed by atoms with Gasteiger partial charge in [0.15, 0.2) is 0 Å². The second-order valence-electron chi connectivity index (χ2n) is 7.88. The molecule has 1 fully saturated rings. The Kier molecular flexibility index (Phi) is 4.49. The first-order valence-electron chi connectivity index (χ1n) is 8.29. The second kappa shape index (κ2) is 6.05. The minimum atomic E-state index is -0.886. The maximum absolute atomic E-state index is 11.2. The number of amides is 1. The van der Waals surface area contributed by atoms with E-state index >= 15 is 0 Å². The van der Waals surface area contributed by atoms with Crippen molar-refractivity contribution in [3.8, 4) is 5.75 Å². The number of carbonyl (C=O) groups is 1. The molecule has 2 atom stereocenters. The Balaban J connectivity index is 2.03. The largest absolute Gasteiger partial charge is 0.486 e. The van der Waals surface area contributed by atoms with Gasteiger partial charge < -0.3 is 19.8 Å². The predicted octanol–water partition coefficient (Wildman–Crippen LogP) is 3.89. The van der Waals surface area contributed by atoms with E-state index in [4.69, 9.17) is 4.74 Å². The van der Waals surface area contributed by atoms with Gasteiger partial charge in [-0.05, 0) is 40.1 Å². The molecule has 2 N–H and O–H groups in total. The SMILES string of the molecule is CC(C)(C)C1C(O)c2c(I)cccc2OC12CCN(C(=O)O)CC2. The minimum absolute atomic E-state index is 0.0932. The van der Waals surface area contributed by atoms with E-state index in [1.54, 1.807) is 0 Å². The molecular formula is C18H24INO4. The summed E-state index contributed by atoms with van der Waals surface area (Å²) in [6.45, 7) is 7.24. The lowest BCUT2D eigenvalue weighted by Crippen LogP contribution is -2.59. The number of hydrogen-bond acceptors (Lipinski definition) is 3. The van der Waals surface area contributed by atoms with Gasteiger partial charge in [-0.25, -0.2) is 4.79 Å². The number of benzene rings is 1. The summed E-state index contributed by atoms with van der Waals surface area (Å²) in [6, 6.07) is 5.83. The van der Waals surface area contributed by atoms with Crippen molar-refractivity contribution in [2.75, 3.05) is 13.1 Å². The van der Waals surface area contributed by atoms with E-state index in [1.165, 1.54) is 4.90 Å². The van der Waals surface area contributed by atoms with Crippen LogP contribution >= 0.6 is 22.6 Å². The molecule has 2 unspecified atom stereocenters. The van der Waals surface area contributed by atoms with E-state index in [1.807, 2.05) is 18.2 Å². The fourth-order valence-corrected chi connectivity index (χ4v) is 5.17. The van der Waals surface area contributed by atoms with Gasteiger partial charge in [0.05, 0.1) is 6.10 Å². The van der Waals surface area contributed by atoms with Crippen molar-refractivity contribution in [1.82, 2.24) is 4.90 Å². The van der Waals surface area contributed by atoms with Crippen LogP contribution in [0.2, 0.25) is 0 Å². The van der Waals surface area contributed by atoms with Crippen LogP contribution in [-0.4, -0.2) is 39.9 Å². The van der Waals surface area contributed by atoms with Crippen LogP contribution in [0.15, 0.2) is 18.2 Å². The van der Waals surface area contributed by atoms with Gasteiger partial charge in [-0.3, -0.25) is 0 Å². The highest BCUT2D eigenvalue weighted by Gasteiger charge is 2.55. The van der Waals surface area contributed by atoms with E-state index in [0.717, 1.165) is 14.9 Å². The van der Waals surface area contributed by atoms with Crippen LogP contribution in [0.25, 0.3) is 0 Å². The van der Waals surface area contributed by atoms with Crippen molar-refractivity contribution in [2.24, 2.45) is 11.3 Å². The Labute approximate surface area is 156 Å². The summed E-state index contributed by atoms with van der Waals surface area (Å²) in [4.78, 5) is 12.7. The lowest BCUT2D eigenvalue weighted by molar-refractivity contribution is -0.141. The number of likely N-dealkylation sites (tertiary alicyclic amines) is 1. The highest BCUT2D eigenvalue weighted by atomic mass is 127. The molecule has 6 heteroatoms. The number of nitrogens with zero attached hydrogens (tertiary/aromatic N) is 1. The fourth-order valence-electron chi connectivity index (χ4n) is 4.38. The van der Waals surface area contributed by atoms with Gasteiger partial charge >= 0.3 is 6.09 Å². The van der Waals surface area contributed by atoms with E-state index in [-0.39, 0.29) is 11.3 Å². The van der Waals surface area contributed by atoms with Gasteiger partial charge in [0, 0.05) is 41.0 Å². The van der Waals surface area contributed by atoms with Crippen molar-refractivity contribution in [3.05, 3.63) is 27.3 Å². The number of hydrogen-bond donors (Lipinski definition) is 2. The van der Waals surface area contributed by atoms with Gasteiger partial charge in [0.25, 0.3) is 0 Å². The molecule has 2 heterocycles. The topological polar surface area (TPSA) is 70.0 Å². The summed E-state index contributed by atoms with van der Waals surface area (Å²) >= 11 is 2.24. The van der Waals surface area contributed by atoms with Gasteiger partial charge in [-0.2, -0.15) is 0 Å². The van der Waals surface area contributed by atoms with Crippen LogP contribution in [-0.2, 0) is 0 Å². The van der Waals surface area contributed by atoms with Gasteiger partial charge in [0.2, 0.25) is 0 Å². The van der Waals surface area contributed by atoms with Crippen molar-refractivity contribution < 1.29 is 19.7 Å². The molecular weight excluding hydrogens is 421 g/mol. The molecule has 0 aliphatic carbocycles. The molecule has 5 nitrogen and oxygen atoms in total. The molecule has 132 valence electrons. The summed E-state index contributed by atoms with van der Waals surface area (Å²) in [7, 11) is 0. The average Bonchev–Trinajstić information content (AvgIpc) is 2.45. The molecule has 24 heavy (non-hydrogen) atoms. The van der Waals surface area contributed by atoms with E-state index in [2.05, 4.69) is 43.4 Å². The molecule has 2 aliphatic rings. The number of ether oxygens (including phenoxy) is 1. The monoisotopic (exact) mass is 445 g/mol. The second-order valence-corrected chi connectivity index (χ2v) is 9.04. The molecule has 0 radical (unpaired) electrons. The molecule has 1 saturated heterocycles. The summed E-state index contributed by atoms with van der Waals surface area (Å²) in [5.41, 5.74) is 0.173. The third kappa shape index (κ3) is 2.87. The molecule has 2 aliphatic heterocycles. The zero-order valence-corrected chi connectivity index (χ0v) is 16.4. The number of piperidine rings is 1. The Morgan fingerprint density at radius 2 is 1.96 bits per heavy atom. The minimum Gasteiger partial charge on any atom is -0.486 e. The Morgan fingerprint density at radius 1 is 1.33 bits per heavy atom. The van der Waals surface area contributed by atoms with Crippen LogP contribution < -0.4 is 4.74 Å². The third-order valence-corrected chi connectivity index (χ3v) is 6.26. The first-order valence-corrected chi connectivity index (χ1v) is 9.37. The number of aliphatic hydroxyl groups excluding tert-OH is 1. The predicted molar refractivity (Wildman–Crippen MR) is 99.3 cm³/mol. The number of aliphatic hydroxyl groups is 1. The number of fused-ring (bicyclic) bond motifs is 1. The fraction of sp³-hybridized carbons (Fsp3) is 0.611. The highest BCUT2D eigenvalue weighted by Crippen LogP contribution is 2.55. The maximum atomic E-state index is 11.2. The molecule has 1 spiro atoms. The number of carboxylic acid groups (broad SMARTS) is 1. The van der Waals surface area contributed by atoms with Crippen molar-refractivity contribution >= 4 is 28.7 Å². The molecule has 0 saturated carbocycles. The molecule has 1 amide bonds. The first-order chi connectivity index (χ1) is 11.2. The smallest absolute Gasteiger partial charge is 0.407 e. The van der Waals surface area contributed by atoms with Crippen LogP contribution in [0.1, 0.15) is 45.3 Å². The van der Waals surface area contributed by atoms with Crippen molar-refractivity contribution in [3.63, 3.8) is 0 Å². The van der Waals surface area contributed by atoms with Crippen LogP contribution in [0.5, 0.6) is 5.75 Å². The number of rotatable bonds is 0. The number of halogens is 1. The quantitative estimate of drug-likeness (QED) is 0.595. The Hall–Kier alpha value is -1.02. The normalized spacial score (nSPS) is 26.0. The van der Waals surface area contributed by atoms with Gasteiger partial charge in [0.1, 0.15) is 11.4 Å². The van der Waals surface area contributed by atoms with Gasteiger partial charge in [-0.15, -0.1) is 0 Å². The van der Waals surface area contributed by atoms with Crippen molar-refractivity contribution in [1.29, 1.82) is 0 Å². The molecule has 1 aromatic rings. The summed E-state index contributed by atoms with van der Waals surface area (Å²) in [5, 5.41) is 20.4. The third-order valence-electron chi connectivity index (χ3n) is 5.32. The molecule has 1 aromatic carbocycles. The lowest BCUT2D eigenvalue weighted by Gasteiger charge is -2.54. The Bertz CT molecular complexity index is 647. The standard InChI is InChI=1S/C18H24INO4/c1-17(2,3)15-14(21)13-11(19)5-4-6-12(13)24-18(15)7-9-20(10-8-18)16(22)23/h4-6,14-15,21H,7-10H2,1-3H3,(H,22,23). The molecule has 3 rings (SSSR count). The average molecular weight is 445 g/mol. The Morgan fingerprint density at radius 3 is 2.50 bits per heavy atom. The molecule has 0 bridgehead atoms. The van der Waals surface area contributed by atoms with E-state index in [0.29, 0.717) is 25.9 Å². The van der Waals surface area contributed by atoms with Crippen LogP contribution in [0, 0.1) is 14.9 Å². The maximum Gasteiger partial charge on any atom is 0.407 e. The summed E-state index contributed by atoms with van der Waals surface area (Å²) < 4.78 is 7.50. The van der Waals surface area contributed by atoms with Crippen LogP contribution in [0.3, 0.4) is 0 Å². The highest BCUT2D eigenvalue weighted by molar-refractivity contribution is 14.1. The molecule has 0 aromatic heterocycles. The zero-order chi connectivity index (χ0) is 17.7. The first kappa shape index (κ1) is 17.8. The van der Waals surface area contributed by atoms with E-state index in [9.17, 15) is 15.0 Å². The van der Waals surface area contributed by atoms with Crippen LogP contribution in [0.4, 0.5) is 4.79 Å². The zero-order valence-electron chi connectivity index (χ0n) is 14.3. The summed E-state index contributed by atoms with van der Waals surface area (Å²) in [5.74, 6) is 0.642. The van der Waals surface area contributed by atoms with Crippen molar-refractivity contribution in [2.45, 2.75) is 45.3 Å². The van der Waals surface area contributed by atoms with Gasteiger partial charge in [-0.1, -0.05) is 26.8 Å².